The van der Waals surface area contributed by atoms with Crippen LogP contribution in [0.4, 0.5) is 5.69 Å². The van der Waals surface area contributed by atoms with E-state index in [0.29, 0.717) is 11.5 Å². The van der Waals surface area contributed by atoms with Gasteiger partial charge in [0, 0.05) is 36.4 Å². The van der Waals surface area contributed by atoms with Gasteiger partial charge in [-0.25, -0.2) is 0 Å². The fourth-order valence-electron chi connectivity index (χ4n) is 3.35. The second-order valence-electron chi connectivity index (χ2n) is 6.54. The predicted octanol–water partition coefficient (Wildman–Crippen LogP) is 3.74. The summed E-state index contributed by atoms with van der Waals surface area (Å²) in [4.78, 5) is 14.9. The molecule has 5 nitrogen and oxygen atoms in total. The quantitative estimate of drug-likeness (QED) is 0.781. The van der Waals surface area contributed by atoms with E-state index in [1.165, 1.54) is 5.69 Å². The number of carbonyl (C=O) groups excluding carboxylic acids is 1. The number of para-hydroxylation sites is 1. The third-order valence-electron chi connectivity index (χ3n) is 4.68. The lowest BCUT2D eigenvalue weighted by Crippen LogP contribution is -2.47. The highest BCUT2D eigenvalue weighted by molar-refractivity contribution is 5.93. The molecule has 1 N–H and O–H groups in total. The Hall–Kier alpha value is -3.08. The first-order valence-corrected chi connectivity index (χ1v) is 8.92. The number of aromatic nitrogens is 1. The Balaban J connectivity index is 1.41. The molecule has 2 heterocycles. The molecule has 1 amide bonds. The summed E-state index contributed by atoms with van der Waals surface area (Å²) in [5.41, 5.74) is 2.42. The number of hydrogen-bond acceptors (Lipinski definition) is 4. The molecular weight excluding hydrogens is 326 g/mol. The van der Waals surface area contributed by atoms with E-state index in [0.717, 1.165) is 31.5 Å². The molecule has 4 rings (SSSR count). The van der Waals surface area contributed by atoms with Gasteiger partial charge in [0.1, 0.15) is 0 Å². The topological polar surface area (TPSA) is 58.4 Å². The first-order chi connectivity index (χ1) is 12.8. The molecule has 0 bridgehead atoms. The van der Waals surface area contributed by atoms with E-state index in [4.69, 9.17) is 4.52 Å². The summed E-state index contributed by atoms with van der Waals surface area (Å²) in [5, 5.41) is 7.03. The smallest absolute Gasteiger partial charge is 0.273 e. The third kappa shape index (κ3) is 3.61. The van der Waals surface area contributed by atoms with Crippen LogP contribution < -0.4 is 10.2 Å². The lowest BCUT2D eigenvalue weighted by molar-refractivity contribution is 0.0924. The largest absolute Gasteiger partial charge is 0.369 e. The summed E-state index contributed by atoms with van der Waals surface area (Å²) in [6.07, 6.45) is 2.02. The second-order valence-corrected chi connectivity index (χ2v) is 6.54. The highest BCUT2D eigenvalue weighted by Crippen LogP contribution is 2.21. The maximum Gasteiger partial charge on any atom is 0.273 e. The molecule has 3 aromatic rings. The molecule has 1 fully saturated rings. The second kappa shape index (κ2) is 7.44. The molecule has 1 aliphatic rings. The Morgan fingerprint density at radius 3 is 2.58 bits per heavy atom. The van der Waals surface area contributed by atoms with Gasteiger partial charge >= 0.3 is 0 Å². The summed E-state index contributed by atoms with van der Waals surface area (Å²) >= 11 is 0. The zero-order valence-corrected chi connectivity index (χ0v) is 14.5. The van der Waals surface area contributed by atoms with Crippen LogP contribution in [0.3, 0.4) is 0 Å². The zero-order valence-electron chi connectivity index (χ0n) is 14.5. The van der Waals surface area contributed by atoms with E-state index < -0.39 is 0 Å². The SMILES string of the molecule is O=C(NC1CCCN(c2ccccc2)C1)c1cc(-c2ccccc2)on1. The molecule has 132 valence electrons. The number of carbonyl (C=O) groups is 1. The summed E-state index contributed by atoms with van der Waals surface area (Å²) in [5.74, 6) is 0.418. The molecule has 5 heteroatoms. The number of nitrogens with one attached hydrogen (secondary N) is 1. The minimum atomic E-state index is -0.184. The van der Waals surface area contributed by atoms with Gasteiger partial charge in [-0.05, 0) is 25.0 Å². The van der Waals surface area contributed by atoms with Crippen molar-refractivity contribution in [2.24, 2.45) is 0 Å². The summed E-state index contributed by atoms with van der Waals surface area (Å²) in [6.45, 7) is 1.82. The van der Waals surface area contributed by atoms with Crippen LogP contribution in [-0.2, 0) is 0 Å². The molecule has 2 aromatic carbocycles. The fraction of sp³-hybridized carbons (Fsp3) is 0.238. The van der Waals surface area contributed by atoms with Gasteiger partial charge in [-0.2, -0.15) is 0 Å². The predicted molar refractivity (Wildman–Crippen MR) is 101 cm³/mol. The van der Waals surface area contributed by atoms with Gasteiger partial charge in [0.05, 0.1) is 0 Å². The normalized spacial score (nSPS) is 17.1. The number of benzene rings is 2. The van der Waals surface area contributed by atoms with Gasteiger partial charge in [-0.3, -0.25) is 4.79 Å². The third-order valence-corrected chi connectivity index (χ3v) is 4.68. The Morgan fingerprint density at radius 2 is 1.81 bits per heavy atom. The highest BCUT2D eigenvalue weighted by atomic mass is 16.5. The van der Waals surface area contributed by atoms with Crippen molar-refractivity contribution >= 4 is 11.6 Å². The lowest BCUT2D eigenvalue weighted by Gasteiger charge is -2.34. The molecule has 1 atom stereocenters. The van der Waals surface area contributed by atoms with Crippen LogP contribution in [-0.4, -0.2) is 30.2 Å². The summed E-state index contributed by atoms with van der Waals surface area (Å²) < 4.78 is 5.33. The Bertz CT molecular complexity index is 861. The van der Waals surface area contributed by atoms with Gasteiger partial charge in [0.25, 0.3) is 5.91 Å². The van der Waals surface area contributed by atoms with Crippen molar-refractivity contribution in [3.05, 3.63) is 72.4 Å². The molecular formula is C21H21N3O2. The molecule has 1 aliphatic heterocycles. The van der Waals surface area contributed by atoms with Crippen molar-refractivity contribution in [3.63, 3.8) is 0 Å². The minimum Gasteiger partial charge on any atom is -0.369 e. The van der Waals surface area contributed by atoms with Crippen molar-refractivity contribution in [2.75, 3.05) is 18.0 Å². The van der Waals surface area contributed by atoms with Crippen LogP contribution >= 0.6 is 0 Å². The van der Waals surface area contributed by atoms with Crippen molar-refractivity contribution in [3.8, 4) is 11.3 Å². The average molecular weight is 347 g/mol. The Morgan fingerprint density at radius 1 is 1.08 bits per heavy atom. The molecule has 0 saturated carbocycles. The lowest BCUT2D eigenvalue weighted by atomic mass is 10.0. The van der Waals surface area contributed by atoms with Gasteiger partial charge in [-0.15, -0.1) is 0 Å². The van der Waals surface area contributed by atoms with E-state index in [1.54, 1.807) is 6.07 Å². The van der Waals surface area contributed by atoms with Crippen LogP contribution in [0.5, 0.6) is 0 Å². The van der Waals surface area contributed by atoms with Crippen molar-refractivity contribution in [1.82, 2.24) is 10.5 Å². The van der Waals surface area contributed by atoms with Crippen molar-refractivity contribution in [1.29, 1.82) is 0 Å². The van der Waals surface area contributed by atoms with E-state index in [9.17, 15) is 4.79 Å². The standard InChI is InChI=1S/C21H21N3O2/c25-21(19-14-20(26-23-19)16-8-3-1-4-9-16)22-17-10-7-13-24(15-17)18-11-5-2-6-12-18/h1-6,8-9,11-12,14,17H,7,10,13,15H2,(H,22,25). The molecule has 0 radical (unpaired) electrons. The summed E-state index contributed by atoms with van der Waals surface area (Å²) in [7, 11) is 0. The number of hydrogen-bond donors (Lipinski definition) is 1. The number of amides is 1. The molecule has 1 saturated heterocycles. The first-order valence-electron chi connectivity index (χ1n) is 8.92. The zero-order chi connectivity index (χ0) is 17.8. The van der Waals surface area contributed by atoms with Gasteiger partial charge in [0.15, 0.2) is 11.5 Å². The van der Waals surface area contributed by atoms with Crippen molar-refractivity contribution < 1.29 is 9.32 Å². The monoisotopic (exact) mass is 347 g/mol. The van der Waals surface area contributed by atoms with Gasteiger partial charge in [-0.1, -0.05) is 53.7 Å². The average Bonchev–Trinajstić information content (AvgIpc) is 3.20. The van der Waals surface area contributed by atoms with E-state index in [1.807, 2.05) is 48.5 Å². The first kappa shape index (κ1) is 16.4. The van der Waals surface area contributed by atoms with Crippen LogP contribution in [0.25, 0.3) is 11.3 Å². The fourth-order valence-corrected chi connectivity index (χ4v) is 3.35. The number of rotatable bonds is 4. The van der Waals surface area contributed by atoms with Crippen molar-refractivity contribution in [2.45, 2.75) is 18.9 Å². The van der Waals surface area contributed by atoms with E-state index >= 15 is 0 Å². The summed E-state index contributed by atoms with van der Waals surface area (Å²) in [6, 6.07) is 21.8. The molecule has 0 spiro atoms. The Labute approximate surface area is 152 Å². The number of piperidine rings is 1. The van der Waals surface area contributed by atoms with E-state index in [2.05, 4.69) is 27.5 Å². The number of anilines is 1. The molecule has 1 unspecified atom stereocenters. The minimum absolute atomic E-state index is 0.105. The van der Waals surface area contributed by atoms with Crippen LogP contribution in [0.1, 0.15) is 23.3 Å². The maximum absolute atomic E-state index is 12.5. The maximum atomic E-state index is 12.5. The van der Waals surface area contributed by atoms with Crippen LogP contribution in [0.2, 0.25) is 0 Å². The molecule has 0 aliphatic carbocycles. The van der Waals surface area contributed by atoms with Crippen LogP contribution in [0.15, 0.2) is 71.3 Å². The molecule has 26 heavy (non-hydrogen) atoms. The number of nitrogens with zero attached hydrogens (tertiary/aromatic N) is 2. The molecule has 1 aromatic heterocycles. The highest BCUT2D eigenvalue weighted by Gasteiger charge is 2.23. The van der Waals surface area contributed by atoms with Crippen LogP contribution in [0, 0.1) is 0 Å². The van der Waals surface area contributed by atoms with E-state index in [-0.39, 0.29) is 11.9 Å². The van der Waals surface area contributed by atoms with Gasteiger partial charge in [0.2, 0.25) is 0 Å². The van der Waals surface area contributed by atoms with Gasteiger partial charge < -0.3 is 14.7 Å². The Kier molecular flexibility index (Phi) is 4.69.